The van der Waals surface area contributed by atoms with Gasteiger partial charge in [0.25, 0.3) is 0 Å². The van der Waals surface area contributed by atoms with Crippen molar-refractivity contribution in [3.63, 3.8) is 0 Å². The van der Waals surface area contributed by atoms with Crippen LogP contribution in [0.2, 0.25) is 0 Å². The van der Waals surface area contributed by atoms with Gasteiger partial charge in [-0.3, -0.25) is 9.59 Å². The quantitative estimate of drug-likeness (QED) is 0.858. The first-order valence-electron chi connectivity index (χ1n) is 9.76. The summed E-state index contributed by atoms with van der Waals surface area (Å²) in [5.74, 6) is 0.271. The third-order valence-corrected chi connectivity index (χ3v) is 5.30. The van der Waals surface area contributed by atoms with E-state index >= 15 is 0 Å². The van der Waals surface area contributed by atoms with Crippen LogP contribution in [0.3, 0.4) is 0 Å². The van der Waals surface area contributed by atoms with E-state index in [-0.39, 0.29) is 11.8 Å². The number of hydrogen-bond donors (Lipinski definition) is 2. The number of nitrogens with zero attached hydrogens (tertiary/aromatic N) is 1. The topological polar surface area (TPSA) is 53.9 Å². The smallest absolute Gasteiger partial charge is 0.230 e. The van der Waals surface area contributed by atoms with Crippen molar-refractivity contribution in [2.75, 3.05) is 36.4 Å². The Kier molecular flexibility index (Phi) is 6.45. The lowest BCUT2D eigenvalue weighted by Crippen LogP contribution is -3.12. The third-order valence-electron chi connectivity index (χ3n) is 5.30. The normalized spacial score (nSPS) is 19.5. The van der Waals surface area contributed by atoms with Gasteiger partial charge < -0.3 is 15.1 Å². The fraction of sp³-hybridized carbons (Fsp3) is 0.600. The van der Waals surface area contributed by atoms with Gasteiger partial charge >= 0.3 is 0 Å². The molecule has 1 aromatic carbocycles. The van der Waals surface area contributed by atoms with Crippen LogP contribution in [0, 0.1) is 0 Å². The van der Waals surface area contributed by atoms with Gasteiger partial charge in [0.2, 0.25) is 11.8 Å². The van der Waals surface area contributed by atoms with Gasteiger partial charge in [-0.1, -0.05) is 6.42 Å². The highest BCUT2D eigenvalue weighted by Crippen LogP contribution is 2.23. The summed E-state index contributed by atoms with van der Waals surface area (Å²) in [6.45, 7) is 4.12. The van der Waals surface area contributed by atoms with Crippen molar-refractivity contribution in [2.45, 2.75) is 51.4 Å². The third kappa shape index (κ3) is 5.30. The number of amides is 2. The van der Waals surface area contributed by atoms with E-state index in [4.69, 9.17) is 0 Å². The zero-order chi connectivity index (χ0) is 17.5. The molecular formula is C20H30N3O2+. The van der Waals surface area contributed by atoms with Gasteiger partial charge in [-0.15, -0.1) is 0 Å². The molecule has 1 aromatic rings. The Bertz CT molecular complexity index is 577. The van der Waals surface area contributed by atoms with Crippen molar-refractivity contribution in [3.05, 3.63) is 24.3 Å². The Morgan fingerprint density at radius 3 is 2.32 bits per heavy atom. The van der Waals surface area contributed by atoms with Crippen LogP contribution >= 0.6 is 0 Å². The molecule has 2 fully saturated rings. The van der Waals surface area contributed by atoms with Crippen molar-refractivity contribution in [1.29, 1.82) is 0 Å². The minimum Gasteiger partial charge on any atom is -0.335 e. The summed E-state index contributed by atoms with van der Waals surface area (Å²) in [4.78, 5) is 27.4. The minimum atomic E-state index is 0.0829. The molecule has 25 heavy (non-hydrogen) atoms. The van der Waals surface area contributed by atoms with Crippen molar-refractivity contribution in [3.8, 4) is 0 Å². The highest BCUT2D eigenvalue weighted by atomic mass is 16.2. The Morgan fingerprint density at radius 1 is 1.00 bits per heavy atom. The number of benzene rings is 1. The number of quaternary nitrogens is 1. The summed E-state index contributed by atoms with van der Waals surface area (Å²) >= 11 is 0. The molecule has 0 spiro atoms. The maximum atomic E-state index is 12.2. The van der Waals surface area contributed by atoms with Crippen LogP contribution in [-0.2, 0) is 9.59 Å². The molecule has 2 saturated heterocycles. The minimum absolute atomic E-state index is 0.0829. The first-order chi connectivity index (χ1) is 12.2. The largest absolute Gasteiger partial charge is 0.335 e. The lowest BCUT2D eigenvalue weighted by atomic mass is 10.1. The summed E-state index contributed by atoms with van der Waals surface area (Å²) in [5, 5.41) is 2.98. The van der Waals surface area contributed by atoms with Crippen LogP contribution in [0.25, 0.3) is 0 Å². The first kappa shape index (κ1) is 17.9. The molecule has 5 heteroatoms. The molecule has 2 aliphatic heterocycles. The van der Waals surface area contributed by atoms with Gasteiger partial charge in [0.05, 0.1) is 26.1 Å². The molecule has 0 aliphatic carbocycles. The summed E-state index contributed by atoms with van der Waals surface area (Å²) in [6.07, 6.45) is 8.74. The molecule has 2 heterocycles. The molecular weight excluding hydrogens is 314 g/mol. The molecule has 0 unspecified atom stereocenters. The molecule has 2 amide bonds. The predicted octanol–water partition coefficient (Wildman–Crippen LogP) is 1.99. The number of likely N-dealkylation sites (tertiary alicyclic amines) is 1. The number of carbonyl (C=O) groups excluding carboxylic acids is 2. The highest BCUT2D eigenvalue weighted by molar-refractivity contribution is 5.96. The van der Waals surface area contributed by atoms with Crippen molar-refractivity contribution < 1.29 is 14.5 Å². The zero-order valence-corrected chi connectivity index (χ0v) is 15.1. The SMILES string of the molecule is O=C(CC[NH+]1CCCCCCC1)Nc1ccc(N2CCCC2=O)cc1. The molecule has 3 rings (SSSR count). The van der Waals surface area contributed by atoms with Crippen LogP contribution in [0.1, 0.15) is 51.4 Å². The maximum absolute atomic E-state index is 12.2. The molecule has 0 saturated carbocycles. The highest BCUT2D eigenvalue weighted by Gasteiger charge is 2.21. The Hall–Kier alpha value is -1.88. The standard InChI is InChI=1S/C20H29N3O2/c24-19(12-16-22-13-4-2-1-3-5-14-22)21-17-8-10-18(11-9-17)23-15-6-7-20(23)25/h8-11H,1-7,12-16H2,(H,21,24)/p+1. The molecule has 2 N–H and O–H groups in total. The maximum Gasteiger partial charge on any atom is 0.230 e. The Labute approximate surface area is 150 Å². The molecule has 2 aliphatic rings. The fourth-order valence-corrected chi connectivity index (χ4v) is 3.81. The van der Waals surface area contributed by atoms with Crippen LogP contribution in [0.5, 0.6) is 0 Å². The van der Waals surface area contributed by atoms with Gasteiger partial charge in [-0.2, -0.15) is 0 Å². The van der Waals surface area contributed by atoms with Gasteiger partial charge in [0.15, 0.2) is 0 Å². The van der Waals surface area contributed by atoms with E-state index in [0.29, 0.717) is 12.8 Å². The summed E-state index contributed by atoms with van der Waals surface area (Å²) < 4.78 is 0. The Balaban J connectivity index is 1.45. The van der Waals surface area contributed by atoms with Crippen molar-refractivity contribution in [1.82, 2.24) is 0 Å². The lowest BCUT2D eigenvalue weighted by molar-refractivity contribution is -0.900. The van der Waals surface area contributed by atoms with Crippen LogP contribution in [-0.4, -0.2) is 38.0 Å². The van der Waals surface area contributed by atoms with Crippen LogP contribution in [0.15, 0.2) is 24.3 Å². The van der Waals surface area contributed by atoms with Crippen molar-refractivity contribution >= 4 is 23.2 Å². The van der Waals surface area contributed by atoms with Crippen LogP contribution < -0.4 is 15.1 Å². The second-order valence-electron chi connectivity index (χ2n) is 7.26. The average Bonchev–Trinajstić information content (AvgIpc) is 3.01. The average molecular weight is 344 g/mol. The van der Waals surface area contributed by atoms with Gasteiger partial charge in [-0.25, -0.2) is 0 Å². The van der Waals surface area contributed by atoms with Gasteiger partial charge in [0.1, 0.15) is 0 Å². The number of carbonyl (C=O) groups is 2. The van der Waals surface area contributed by atoms with E-state index in [1.165, 1.54) is 45.2 Å². The van der Waals surface area contributed by atoms with Crippen molar-refractivity contribution in [2.24, 2.45) is 0 Å². The zero-order valence-electron chi connectivity index (χ0n) is 15.1. The van der Waals surface area contributed by atoms with Gasteiger partial charge in [-0.05, 0) is 56.4 Å². The van der Waals surface area contributed by atoms with E-state index in [2.05, 4.69) is 5.32 Å². The molecule has 0 bridgehead atoms. The van der Waals surface area contributed by atoms with E-state index in [9.17, 15) is 9.59 Å². The summed E-state index contributed by atoms with van der Waals surface area (Å²) in [5.41, 5.74) is 1.73. The Morgan fingerprint density at radius 2 is 1.68 bits per heavy atom. The fourth-order valence-electron chi connectivity index (χ4n) is 3.81. The molecule has 0 aromatic heterocycles. The monoisotopic (exact) mass is 344 g/mol. The number of rotatable bonds is 5. The number of nitrogens with one attached hydrogen (secondary N) is 2. The van der Waals surface area contributed by atoms with E-state index in [0.717, 1.165) is 30.9 Å². The molecule has 5 nitrogen and oxygen atoms in total. The van der Waals surface area contributed by atoms with Gasteiger partial charge in [0, 0.05) is 24.3 Å². The summed E-state index contributed by atoms with van der Waals surface area (Å²) in [7, 11) is 0. The first-order valence-corrected chi connectivity index (χ1v) is 9.76. The molecule has 136 valence electrons. The van der Waals surface area contributed by atoms with E-state index in [1.54, 1.807) is 4.90 Å². The van der Waals surface area contributed by atoms with Crippen LogP contribution in [0.4, 0.5) is 11.4 Å². The number of hydrogen-bond acceptors (Lipinski definition) is 2. The lowest BCUT2D eigenvalue weighted by Gasteiger charge is -2.21. The van der Waals surface area contributed by atoms with E-state index in [1.807, 2.05) is 29.2 Å². The summed E-state index contributed by atoms with van der Waals surface area (Å²) in [6, 6.07) is 7.62. The molecule has 0 atom stereocenters. The second kappa shape index (κ2) is 8.99. The number of anilines is 2. The predicted molar refractivity (Wildman–Crippen MR) is 99.9 cm³/mol. The van der Waals surface area contributed by atoms with E-state index < -0.39 is 0 Å². The second-order valence-corrected chi connectivity index (χ2v) is 7.26. The molecule has 0 radical (unpaired) electrons.